The number of hydrogen-bond donors (Lipinski definition) is 2. The Kier molecular flexibility index (Phi) is 7.13. The standard InChI is InChI=1S/C28H44N2O6/c1-17-7-8-28(34)15-18-19-16-35-20(19)14-21(23(18)25(32)26(33)24(17)27(28,2)3)36-22(31)6-5-9-30-12-10-29(4)11-13-30/h18-21,23,26,33-34H,5-16H2,1-4H3/t18?,19-,20+,21-,23?,26+,28?/m0/s1. The van der Waals surface area contributed by atoms with E-state index in [0.29, 0.717) is 44.3 Å². The predicted molar refractivity (Wildman–Crippen MR) is 134 cm³/mol. The summed E-state index contributed by atoms with van der Waals surface area (Å²) in [5.74, 6) is -1.19. The molecule has 0 spiro atoms. The number of fused-ring (bicyclic) bond motifs is 5. The Balaban J connectivity index is 1.32. The largest absolute Gasteiger partial charge is 0.461 e. The highest BCUT2D eigenvalue weighted by Gasteiger charge is 2.62. The number of rotatable bonds is 5. The van der Waals surface area contributed by atoms with Crippen LogP contribution < -0.4 is 0 Å². The molecule has 0 aromatic heterocycles. The number of esters is 1. The molecule has 3 unspecified atom stereocenters. The number of carbonyl (C=O) groups excluding carboxylic acids is 2. The number of hydrogen-bond acceptors (Lipinski definition) is 8. The van der Waals surface area contributed by atoms with Gasteiger partial charge in [0.1, 0.15) is 12.2 Å². The molecule has 8 heteroatoms. The van der Waals surface area contributed by atoms with E-state index in [1.807, 2.05) is 20.8 Å². The molecule has 5 aliphatic rings. The quantitative estimate of drug-likeness (QED) is 0.432. The summed E-state index contributed by atoms with van der Waals surface area (Å²) >= 11 is 0. The van der Waals surface area contributed by atoms with Crippen LogP contribution in [0.5, 0.6) is 0 Å². The molecule has 2 aliphatic heterocycles. The lowest BCUT2D eigenvalue weighted by Gasteiger charge is -2.58. The molecule has 202 valence electrons. The van der Waals surface area contributed by atoms with E-state index in [1.165, 1.54) is 0 Å². The second-order valence-electron chi connectivity index (χ2n) is 12.6. The first-order chi connectivity index (χ1) is 17.0. The molecule has 0 amide bonds. The Morgan fingerprint density at radius 3 is 2.58 bits per heavy atom. The van der Waals surface area contributed by atoms with Crippen LogP contribution in [-0.4, -0.2) is 102 Å². The van der Waals surface area contributed by atoms with Crippen molar-refractivity contribution in [3.63, 3.8) is 0 Å². The molecule has 7 atom stereocenters. The maximum Gasteiger partial charge on any atom is 0.306 e. The lowest BCUT2D eigenvalue weighted by molar-refractivity contribution is -0.225. The maximum atomic E-state index is 13.9. The SMILES string of the molecule is CC1=C2[C@@H](O)C(=O)C3C(CC(O)(CC1)C2(C)C)[C@@H]1CO[C@@H]1C[C@@H]3OC(=O)CCCN1CCN(C)CC1. The second-order valence-corrected chi connectivity index (χ2v) is 12.6. The average Bonchev–Trinajstić information content (AvgIpc) is 2.79. The molecule has 5 rings (SSSR count). The monoisotopic (exact) mass is 504 g/mol. The minimum atomic E-state index is -1.28. The molecule has 2 saturated heterocycles. The van der Waals surface area contributed by atoms with Crippen molar-refractivity contribution in [3.05, 3.63) is 11.1 Å². The van der Waals surface area contributed by atoms with Crippen LogP contribution >= 0.6 is 0 Å². The Labute approximate surface area is 215 Å². The third-order valence-electron chi connectivity index (χ3n) is 10.2. The average molecular weight is 505 g/mol. The Morgan fingerprint density at radius 2 is 1.92 bits per heavy atom. The van der Waals surface area contributed by atoms with Crippen molar-refractivity contribution in [1.29, 1.82) is 0 Å². The van der Waals surface area contributed by atoms with Crippen LogP contribution in [-0.2, 0) is 19.1 Å². The molecule has 4 fully saturated rings. The van der Waals surface area contributed by atoms with Crippen LogP contribution in [0, 0.1) is 23.2 Å². The molecular weight excluding hydrogens is 460 g/mol. The first-order valence-corrected chi connectivity index (χ1v) is 13.9. The molecular formula is C28H44N2O6. The first-order valence-electron chi connectivity index (χ1n) is 13.9. The lowest BCUT2D eigenvalue weighted by Crippen LogP contribution is -2.64. The number of allylic oxidation sites excluding steroid dienone is 1. The van der Waals surface area contributed by atoms with E-state index in [1.54, 1.807) is 0 Å². The number of ether oxygens (including phenoxy) is 2. The number of likely N-dealkylation sites (N-methyl/N-ethyl adjacent to an activating group) is 1. The highest BCUT2D eigenvalue weighted by atomic mass is 16.6. The summed E-state index contributed by atoms with van der Waals surface area (Å²) in [5, 5.41) is 23.3. The first kappa shape index (κ1) is 26.3. The van der Waals surface area contributed by atoms with Gasteiger partial charge in [0, 0.05) is 50.4 Å². The van der Waals surface area contributed by atoms with E-state index < -0.39 is 29.1 Å². The number of aliphatic hydroxyl groups is 2. The van der Waals surface area contributed by atoms with E-state index in [0.717, 1.165) is 44.7 Å². The number of piperazine rings is 1. The van der Waals surface area contributed by atoms with Gasteiger partial charge in [-0.1, -0.05) is 19.4 Å². The predicted octanol–water partition coefficient (Wildman–Crippen LogP) is 1.78. The van der Waals surface area contributed by atoms with Crippen molar-refractivity contribution in [3.8, 4) is 0 Å². The molecule has 2 N–H and O–H groups in total. The number of Topliss-reactive ketones (excluding diaryl/α,β-unsaturated/α-hetero) is 1. The molecule has 2 heterocycles. The fraction of sp³-hybridized carbons (Fsp3) is 0.857. The van der Waals surface area contributed by atoms with Gasteiger partial charge in [0.25, 0.3) is 0 Å². The normalized spacial score (nSPS) is 41.0. The van der Waals surface area contributed by atoms with Crippen LogP contribution in [0.3, 0.4) is 0 Å². The van der Waals surface area contributed by atoms with Crippen LogP contribution in [0.25, 0.3) is 0 Å². The number of carbonyl (C=O) groups is 2. The maximum absolute atomic E-state index is 13.9. The van der Waals surface area contributed by atoms with Crippen LogP contribution in [0.1, 0.15) is 59.3 Å². The fourth-order valence-electron chi connectivity index (χ4n) is 7.72. The number of nitrogens with zero attached hydrogens (tertiary/aromatic N) is 2. The van der Waals surface area contributed by atoms with Gasteiger partial charge in [-0.25, -0.2) is 0 Å². The summed E-state index contributed by atoms with van der Waals surface area (Å²) in [6.07, 6.45) is 1.29. The van der Waals surface area contributed by atoms with Gasteiger partial charge < -0.3 is 29.5 Å². The third-order valence-corrected chi connectivity index (χ3v) is 10.2. The topological polar surface area (TPSA) is 99.5 Å². The zero-order chi connectivity index (χ0) is 25.8. The number of aliphatic hydroxyl groups excluding tert-OH is 1. The van der Waals surface area contributed by atoms with Crippen molar-refractivity contribution in [1.82, 2.24) is 9.80 Å². The van der Waals surface area contributed by atoms with Gasteiger partial charge in [-0.15, -0.1) is 0 Å². The molecule has 3 aliphatic carbocycles. The summed E-state index contributed by atoms with van der Waals surface area (Å²) < 4.78 is 11.8. The molecule has 8 nitrogen and oxygen atoms in total. The molecule has 36 heavy (non-hydrogen) atoms. The zero-order valence-electron chi connectivity index (χ0n) is 22.4. The van der Waals surface area contributed by atoms with Gasteiger partial charge in [0.15, 0.2) is 5.78 Å². The van der Waals surface area contributed by atoms with Gasteiger partial charge in [0.2, 0.25) is 0 Å². The molecule has 2 saturated carbocycles. The Bertz CT molecular complexity index is 910. The fourth-order valence-corrected chi connectivity index (χ4v) is 7.72. The van der Waals surface area contributed by atoms with E-state index in [2.05, 4.69) is 16.8 Å². The van der Waals surface area contributed by atoms with E-state index in [4.69, 9.17) is 9.47 Å². The van der Waals surface area contributed by atoms with Crippen molar-refractivity contribution in [2.75, 3.05) is 46.4 Å². The van der Waals surface area contributed by atoms with Crippen molar-refractivity contribution < 1.29 is 29.3 Å². The highest BCUT2D eigenvalue weighted by Crippen LogP contribution is 2.57. The Hall–Kier alpha value is -1.32. The van der Waals surface area contributed by atoms with Gasteiger partial charge in [0.05, 0.1) is 24.2 Å². The zero-order valence-corrected chi connectivity index (χ0v) is 22.4. The molecule has 0 aromatic rings. The summed E-state index contributed by atoms with van der Waals surface area (Å²) in [6.45, 7) is 11.4. The van der Waals surface area contributed by atoms with Crippen LogP contribution in [0.15, 0.2) is 11.1 Å². The Morgan fingerprint density at radius 1 is 1.19 bits per heavy atom. The number of ketones is 1. The van der Waals surface area contributed by atoms with Gasteiger partial charge in [-0.3, -0.25) is 9.59 Å². The highest BCUT2D eigenvalue weighted by molar-refractivity contribution is 5.90. The molecule has 0 aromatic carbocycles. The summed E-state index contributed by atoms with van der Waals surface area (Å²) in [6, 6.07) is 0. The summed E-state index contributed by atoms with van der Waals surface area (Å²) in [5.41, 5.74) is -0.0883. The molecule has 0 radical (unpaired) electrons. The smallest absolute Gasteiger partial charge is 0.306 e. The minimum absolute atomic E-state index is 0.0641. The van der Waals surface area contributed by atoms with Gasteiger partial charge >= 0.3 is 5.97 Å². The van der Waals surface area contributed by atoms with Gasteiger partial charge in [-0.05, 0) is 57.7 Å². The summed E-state index contributed by atoms with van der Waals surface area (Å²) in [4.78, 5) is 31.5. The van der Waals surface area contributed by atoms with Crippen molar-refractivity contribution in [2.24, 2.45) is 23.2 Å². The van der Waals surface area contributed by atoms with E-state index in [9.17, 15) is 19.8 Å². The van der Waals surface area contributed by atoms with Crippen LogP contribution in [0.4, 0.5) is 0 Å². The third kappa shape index (κ3) is 4.47. The molecule has 2 bridgehead atoms. The van der Waals surface area contributed by atoms with Crippen LogP contribution in [0.2, 0.25) is 0 Å². The van der Waals surface area contributed by atoms with E-state index in [-0.39, 0.29) is 29.7 Å². The minimum Gasteiger partial charge on any atom is -0.461 e. The van der Waals surface area contributed by atoms with Crippen molar-refractivity contribution >= 4 is 11.8 Å². The van der Waals surface area contributed by atoms with E-state index >= 15 is 0 Å². The second kappa shape index (κ2) is 9.77. The van der Waals surface area contributed by atoms with Gasteiger partial charge in [-0.2, -0.15) is 0 Å². The lowest BCUT2D eigenvalue weighted by atomic mass is 9.51. The summed E-state index contributed by atoms with van der Waals surface area (Å²) in [7, 11) is 2.13. The van der Waals surface area contributed by atoms with Crippen molar-refractivity contribution in [2.45, 2.75) is 83.2 Å².